The Balaban J connectivity index is 1.67. The summed E-state index contributed by atoms with van der Waals surface area (Å²) in [6.45, 7) is 3.81. The van der Waals surface area contributed by atoms with Gasteiger partial charge in [0.1, 0.15) is 0 Å². The second-order valence-corrected chi connectivity index (χ2v) is 9.51. The fourth-order valence-electron chi connectivity index (χ4n) is 3.48. The number of anilines is 1. The normalized spacial score (nSPS) is 20.1. The lowest BCUT2D eigenvalue weighted by molar-refractivity contribution is -0.0427. The molecule has 1 atom stereocenters. The van der Waals surface area contributed by atoms with E-state index in [2.05, 4.69) is 4.72 Å². The van der Waals surface area contributed by atoms with Crippen molar-refractivity contribution in [3.8, 4) is 0 Å². The van der Waals surface area contributed by atoms with E-state index in [0.29, 0.717) is 58.2 Å². The first-order valence-corrected chi connectivity index (χ1v) is 12.6. The molecule has 10 heteroatoms. The highest BCUT2D eigenvalue weighted by atomic mass is 32.2. The topological polar surface area (TPSA) is 95.6 Å². The van der Waals surface area contributed by atoms with Gasteiger partial charge < -0.3 is 28.6 Å². The Bertz CT molecular complexity index is 952. The van der Waals surface area contributed by atoms with Crippen LogP contribution < -0.4 is 9.62 Å². The van der Waals surface area contributed by atoms with E-state index >= 15 is 0 Å². The monoisotopic (exact) mass is 482 g/mol. The minimum absolute atomic E-state index is 0.0794. The number of hydrogen-bond donors (Lipinski definition) is 1. The first-order valence-electron chi connectivity index (χ1n) is 11.1. The van der Waals surface area contributed by atoms with Gasteiger partial charge in [-0.25, -0.2) is 13.1 Å². The number of nitrogens with one attached hydrogen (secondary N) is 1. The quantitative estimate of drug-likeness (QED) is 0.688. The lowest BCUT2D eigenvalue weighted by Crippen LogP contribution is -2.37. The van der Waals surface area contributed by atoms with Crippen molar-refractivity contribution < 1.29 is 32.1 Å². The molecule has 2 aromatic carbocycles. The first kappa shape index (κ1) is 25.8. The van der Waals surface area contributed by atoms with Crippen molar-refractivity contribution in [1.29, 1.82) is 0 Å². The number of fused-ring (bicyclic) bond motifs is 1. The van der Waals surface area contributed by atoms with E-state index in [9.17, 15) is 8.42 Å². The highest BCUT2D eigenvalue weighted by Gasteiger charge is 2.21. The summed E-state index contributed by atoms with van der Waals surface area (Å²) in [5, 5.41) is 1.54. The van der Waals surface area contributed by atoms with E-state index in [1.54, 1.807) is 12.1 Å². The van der Waals surface area contributed by atoms with Gasteiger partial charge in [0, 0.05) is 37.1 Å². The van der Waals surface area contributed by atoms with Gasteiger partial charge >= 0.3 is 0 Å². The molecule has 0 amide bonds. The van der Waals surface area contributed by atoms with Gasteiger partial charge in [-0.05, 0) is 12.1 Å². The third-order valence-corrected chi connectivity index (χ3v) is 6.61. The minimum Gasteiger partial charge on any atom is -0.377 e. The Morgan fingerprint density at radius 3 is 2.06 bits per heavy atom. The van der Waals surface area contributed by atoms with Gasteiger partial charge in [-0.2, -0.15) is 0 Å². The molecule has 0 spiro atoms. The third kappa shape index (κ3) is 7.89. The van der Waals surface area contributed by atoms with Gasteiger partial charge in [-0.3, -0.25) is 0 Å². The molecule has 33 heavy (non-hydrogen) atoms. The van der Waals surface area contributed by atoms with Crippen LogP contribution in [-0.2, 0) is 33.7 Å². The van der Waals surface area contributed by atoms with Gasteiger partial charge in [-0.15, -0.1) is 0 Å². The fraction of sp³-hybridized carbons (Fsp3) is 0.565. The van der Waals surface area contributed by atoms with Crippen molar-refractivity contribution in [2.24, 2.45) is 0 Å². The van der Waals surface area contributed by atoms with Crippen LogP contribution in [0.5, 0.6) is 0 Å². The van der Waals surface area contributed by atoms with E-state index < -0.39 is 16.1 Å². The van der Waals surface area contributed by atoms with Gasteiger partial charge in [-0.1, -0.05) is 24.3 Å². The summed E-state index contributed by atoms with van der Waals surface area (Å²) in [4.78, 5) is 2.20. The molecule has 0 bridgehead atoms. The van der Waals surface area contributed by atoms with Crippen LogP contribution in [0.2, 0.25) is 0 Å². The third-order valence-electron chi connectivity index (χ3n) is 5.13. The van der Waals surface area contributed by atoms with Crippen molar-refractivity contribution in [1.82, 2.24) is 4.72 Å². The maximum absolute atomic E-state index is 13.2. The molecule has 0 aromatic heterocycles. The largest absolute Gasteiger partial charge is 0.377 e. The molecule has 2 aromatic rings. The molecule has 3 rings (SSSR count). The van der Waals surface area contributed by atoms with Crippen LogP contribution in [0.1, 0.15) is 0 Å². The van der Waals surface area contributed by atoms with Crippen LogP contribution >= 0.6 is 0 Å². The molecular formula is C23H34N2O7S. The molecule has 0 saturated carbocycles. The Morgan fingerprint density at radius 2 is 1.39 bits per heavy atom. The summed E-state index contributed by atoms with van der Waals surface area (Å²) < 4.78 is 56.8. The second-order valence-electron chi connectivity index (χ2n) is 7.78. The molecule has 0 radical (unpaired) electrons. The molecule has 1 saturated heterocycles. The zero-order valence-electron chi connectivity index (χ0n) is 19.3. The van der Waals surface area contributed by atoms with Gasteiger partial charge in [0.2, 0.25) is 10.0 Å². The first-order chi connectivity index (χ1) is 16.0. The van der Waals surface area contributed by atoms with Crippen LogP contribution in [0, 0.1) is 0 Å². The maximum Gasteiger partial charge on any atom is 0.241 e. The van der Waals surface area contributed by atoms with Crippen molar-refractivity contribution in [2.45, 2.75) is 11.0 Å². The Hall–Kier alpha value is -1.79. The maximum atomic E-state index is 13.2. The lowest BCUT2D eigenvalue weighted by atomic mass is 10.1. The lowest BCUT2D eigenvalue weighted by Gasteiger charge is -2.20. The molecule has 1 aliphatic rings. The smallest absolute Gasteiger partial charge is 0.241 e. The molecular weight excluding hydrogens is 448 g/mol. The molecule has 1 fully saturated rings. The SMILES string of the molecule is CN(C)c1cccc2c(S(=O)(=O)NCC3COCCOCCOCCOCCO3)cccc12. The average Bonchev–Trinajstić information content (AvgIpc) is 2.81. The number of hydrogen-bond acceptors (Lipinski definition) is 8. The van der Waals surface area contributed by atoms with Crippen LogP contribution in [0.3, 0.4) is 0 Å². The molecule has 1 unspecified atom stereocenters. The summed E-state index contributed by atoms with van der Waals surface area (Å²) in [6, 6.07) is 10.9. The number of rotatable bonds is 5. The van der Waals surface area contributed by atoms with Crippen LogP contribution in [0.25, 0.3) is 10.8 Å². The molecule has 1 aliphatic heterocycles. The van der Waals surface area contributed by atoms with Crippen molar-refractivity contribution in [2.75, 3.05) is 85.0 Å². The summed E-state index contributed by atoms with van der Waals surface area (Å²) in [6.07, 6.45) is -0.461. The van der Waals surface area contributed by atoms with E-state index in [1.165, 1.54) is 0 Å². The zero-order chi connectivity index (χ0) is 23.5. The predicted molar refractivity (Wildman–Crippen MR) is 126 cm³/mol. The minimum atomic E-state index is -3.77. The Labute approximate surface area is 195 Å². The van der Waals surface area contributed by atoms with Gasteiger partial charge in [0.15, 0.2) is 0 Å². The van der Waals surface area contributed by atoms with E-state index in [1.807, 2.05) is 43.3 Å². The van der Waals surface area contributed by atoms with Crippen LogP contribution in [-0.4, -0.2) is 94.6 Å². The van der Waals surface area contributed by atoms with Crippen LogP contribution in [0.4, 0.5) is 5.69 Å². The van der Waals surface area contributed by atoms with Crippen LogP contribution in [0.15, 0.2) is 41.3 Å². The molecule has 9 nitrogen and oxygen atoms in total. The predicted octanol–water partition coefficient (Wildman–Crippen LogP) is 1.65. The van der Waals surface area contributed by atoms with E-state index in [0.717, 1.165) is 11.1 Å². The molecule has 0 aliphatic carbocycles. The fourth-order valence-corrected chi connectivity index (χ4v) is 4.77. The highest BCUT2D eigenvalue weighted by molar-refractivity contribution is 7.89. The summed E-state index contributed by atoms with van der Waals surface area (Å²) in [5.41, 5.74) is 0.954. The standard InChI is InChI=1S/C23H34N2O7S/c1-25(2)22-7-3-6-21-20(22)5-4-8-23(21)33(26,27)24-17-19-18-31-14-13-29-10-9-28-11-12-30-15-16-32-19/h3-8,19,24H,9-18H2,1-2H3. The van der Waals surface area contributed by atoms with E-state index in [-0.39, 0.29) is 18.0 Å². The summed E-state index contributed by atoms with van der Waals surface area (Å²) >= 11 is 0. The Morgan fingerprint density at radius 1 is 0.818 bits per heavy atom. The summed E-state index contributed by atoms with van der Waals surface area (Å²) in [7, 11) is 0.0948. The van der Waals surface area contributed by atoms with Crippen molar-refractivity contribution in [3.05, 3.63) is 36.4 Å². The summed E-state index contributed by atoms with van der Waals surface area (Å²) in [5.74, 6) is 0. The number of nitrogens with zero attached hydrogens (tertiary/aromatic N) is 1. The van der Waals surface area contributed by atoms with Gasteiger partial charge in [0.05, 0.1) is 70.5 Å². The second kappa shape index (κ2) is 13.2. The average molecular weight is 483 g/mol. The number of benzene rings is 2. The van der Waals surface area contributed by atoms with Crippen molar-refractivity contribution in [3.63, 3.8) is 0 Å². The Kier molecular flexibility index (Phi) is 10.3. The molecule has 1 heterocycles. The number of ether oxygens (including phenoxy) is 5. The number of sulfonamides is 1. The highest BCUT2D eigenvalue weighted by Crippen LogP contribution is 2.30. The van der Waals surface area contributed by atoms with Crippen molar-refractivity contribution >= 4 is 26.5 Å². The molecule has 1 N–H and O–H groups in total. The van der Waals surface area contributed by atoms with E-state index in [4.69, 9.17) is 23.7 Å². The molecule has 184 valence electrons. The van der Waals surface area contributed by atoms with Gasteiger partial charge in [0.25, 0.3) is 0 Å². The zero-order valence-corrected chi connectivity index (χ0v) is 20.1.